The van der Waals surface area contributed by atoms with E-state index in [9.17, 15) is 9.59 Å². The molecule has 13 heavy (non-hydrogen) atoms. The van der Waals surface area contributed by atoms with E-state index in [1.807, 2.05) is 0 Å². The summed E-state index contributed by atoms with van der Waals surface area (Å²) in [6, 6.07) is -0.501. The number of rotatable bonds is 6. The lowest BCUT2D eigenvalue weighted by Gasteiger charge is -2.11. The van der Waals surface area contributed by atoms with E-state index in [1.165, 1.54) is 0 Å². The van der Waals surface area contributed by atoms with Gasteiger partial charge < -0.3 is 16.2 Å². The van der Waals surface area contributed by atoms with Gasteiger partial charge in [-0.3, -0.25) is 9.59 Å². The average molecular weight is 186 g/mol. The lowest BCUT2D eigenvalue weighted by Crippen LogP contribution is -2.40. The molecule has 1 saturated carbocycles. The van der Waals surface area contributed by atoms with Crippen molar-refractivity contribution < 1.29 is 14.7 Å². The molecule has 5 heteroatoms. The highest BCUT2D eigenvalue weighted by Crippen LogP contribution is 2.32. The maximum atomic E-state index is 10.7. The van der Waals surface area contributed by atoms with Crippen LogP contribution in [0.2, 0.25) is 0 Å². The Morgan fingerprint density at radius 1 is 1.54 bits per heavy atom. The van der Waals surface area contributed by atoms with Crippen molar-refractivity contribution in [2.75, 3.05) is 6.54 Å². The van der Waals surface area contributed by atoms with Crippen molar-refractivity contribution in [1.82, 2.24) is 5.32 Å². The topological polar surface area (TPSA) is 92.4 Å². The van der Waals surface area contributed by atoms with Crippen LogP contribution in [0.1, 0.15) is 19.3 Å². The maximum Gasteiger partial charge on any atom is 0.320 e. The van der Waals surface area contributed by atoms with Gasteiger partial charge in [-0.05, 0) is 18.8 Å². The first kappa shape index (κ1) is 9.98. The van der Waals surface area contributed by atoms with Crippen LogP contribution in [-0.4, -0.2) is 29.6 Å². The molecular formula is C8H14N2O3. The molecule has 4 N–H and O–H groups in total. The molecule has 0 radical (unpaired) electrons. The van der Waals surface area contributed by atoms with Gasteiger partial charge in [0.05, 0.1) is 0 Å². The van der Waals surface area contributed by atoms with Crippen LogP contribution in [0.5, 0.6) is 0 Å². The largest absolute Gasteiger partial charge is 0.480 e. The summed E-state index contributed by atoms with van der Waals surface area (Å²) in [5.41, 5.74) is 4.92. The normalized spacial score (nSPS) is 18.2. The summed E-state index contributed by atoms with van der Waals surface area (Å²) in [6.45, 7) is 0.350. The predicted octanol–water partition coefficient (Wildman–Crippen LogP) is -0.685. The Bertz CT molecular complexity index is 213. The molecule has 0 aromatic carbocycles. The van der Waals surface area contributed by atoms with Crippen molar-refractivity contribution in [3.8, 4) is 0 Å². The molecule has 1 amide bonds. The number of carboxylic acids is 1. The minimum Gasteiger partial charge on any atom is -0.480 e. The van der Waals surface area contributed by atoms with E-state index in [2.05, 4.69) is 5.32 Å². The van der Waals surface area contributed by atoms with Crippen LogP contribution in [0.25, 0.3) is 0 Å². The van der Waals surface area contributed by atoms with Gasteiger partial charge in [0.25, 0.3) is 0 Å². The molecule has 1 aliphatic carbocycles. The molecule has 1 unspecified atom stereocenters. The van der Waals surface area contributed by atoms with Gasteiger partial charge >= 0.3 is 5.97 Å². The van der Waals surface area contributed by atoms with Crippen molar-refractivity contribution in [3.63, 3.8) is 0 Å². The van der Waals surface area contributed by atoms with Crippen LogP contribution in [0.4, 0.5) is 0 Å². The van der Waals surface area contributed by atoms with Gasteiger partial charge in [0.1, 0.15) is 6.04 Å². The molecule has 0 saturated heterocycles. The monoisotopic (exact) mass is 186 g/mol. The summed E-state index contributed by atoms with van der Waals surface area (Å²) in [4.78, 5) is 21.0. The van der Waals surface area contributed by atoms with Crippen molar-refractivity contribution in [2.45, 2.75) is 25.3 Å². The number of aliphatic carboxylic acids is 1. The summed E-state index contributed by atoms with van der Waals surface area (Å²) in [5.74, 6) is -1.01. The molecule has 1 rings (SSSR count). The highest BCUT2D eigenvalue weighted by atomic mass is 16.4. The molecule has 0 spiro atoms. The fourth-order valence-electron chi connectivity index (χ4n) is 1.24. The van der Waals surface area contributed by atoms with Crippen LogP contribution in [0.15, 0.2) is 0 Å². The Hall–Kier alpha value is -1.10. The first-order chi connectivity index (χ1) is 6.11. The zero-order valence-corrected chi connectivity index (χ0v) is 7.32. The van der Waals surface area contributed by atoms with Gasteiger partial charge in [0.2, 0.25) is 5.91 Å². The standard InChI is InChI=1S/C8H14N2O3/c9-6(11)3-4-10-7(8(12)13)5-1-2-5/h5,7,10H,1-4H2,(H2,9,11)(H,12,13). The summed E-state index contributed by atoms with van der Waals surface area (Å²) in [6.07, 6.45) is 2.11. The Morgan fingerprint density at radius 3 is 2.54 bits per heavy atom. The Balaban J connectivity index is 2.22. The smallest absolute Gasteiger partial charge is 0.320 e. The Morgan fingerprint density at radius 2 is 2.15 bits per heavy atom. The Kier molecular flexibility index (Phi) is 3.25. The maximum absolute atomic E-state index is 10.7. The molecule has 1 atom stereocenters. The van der Waals surface area contributed by atoms with E-state index in [0.717, 1.165) is 12.8 Å². The second-order valence-corrected chi connectivity index (χ2v) is 3.32. The molecule has 0 aliphatic heterocycles. The van der Waals surface area contributed by atoms with Crippen molar-refractivity contribution in [2.24, 2.45) is 11.7 Å². The molecule has 0 aromatic rings. The van der Waals surface area contributed by atoms with E-state index in [1.54, 1.807) is 0 Å². The van der Waals surface area contributed by atoms with Crippen LogP contribution in [0.3, 0.4) is 0 Å². The number of hydrogen-bond acceptors (Lipinski definition) is 3. The summed E-state index contributed by atoms with van der Waals surface area (Å²) >= 11 is 0. The van der Waals surface area contributed by atoms with Gasteiger partial charge in [-0.25, -0.2) is 0 Å². The first-order valence-electron chi connectivity index (χ1n) is 4.35. The quantitative estimate of drug-likeness (QED) is 0.512. The molecule has 0 heterocycles. The summed E-state index contributed by atoms with van der Waals surface area (Å²) in [5, 5.41) is 11.6. The van der Waals surface area contributed by atoms with Crippen LogP contribution in [0, 0.1) is 5.92 Å². The zero-order chi connectivity index (χ0) is 9.84. The number of carbonyl (C=O) groups is 2. The molecule has 74 valence electrons. The second-order valence-electron chi connectivity index (χ2n) is 3.32. The number of hydrogen-bond donors (Lipinski definition) is 3. The molecule has 0 bridgehead atoms. The lowest BCUT2D eigenvalue weighted by molar-refractivity contribution is -0.140. The van der Waals surface area contributed by atoms with Gasteiger partial charge in [-0.15, -0.1) is 0 Å². The van der Waals surface area contributed by atoms with E-state index in [0.29, 0.717) is 6.54 Å². The molecule has 1 aliphatic rings. The summed E-state index contributed by atoms with van der Waals surface area (Å²) in [7, 11) is 0. The average Bonchev–Trinajstić information content (AvgIpc) is 2.79. The van der Waals surface area contributed by atoms with E-state index >= 15 is 0 Å². The Labute approximate surface area is 76.3 Å². The minimum atomic E-state index is -0.841. The van der Waals surface area contributed by atoms with Crippen molar-refractivity contribution in [1.29, 1.82) is 0 Å². The number of carboxylic acid groups (broad SMARTS) is 1. The zero-order valence-electron chi connectivity index (χ0n) is 7.32. The fourth-order valence-corrected chi connectivity index (χ4v) is 1.24. The third-order valence-electron chi connectivity index (χ3n) is 2.10. The third-order valence-corrected chi connectivity index (χ3v) is 2.10. The predicted molar refractivity (Wildman–Crippen MR) is 46.0 cm³/mol. The second kappa shape index (κ2) is 4.23. The van der Waals surface area contributed by atoms with Gasteiger partial charge in [0.15, 0.2) is 0 Å². The van der Waals surface area contributed by atoms with Gasteiger partial charge in [0, 0.05) is 13.0 Å². The number of amides is 1. The van der Waals surface area contributed by atoms with E-state index in [4.69, 9.17) is 10.8 Å². The molecular weight excluding hydrogens is 172 g/mol. The fraction of sp³-hybridized carbons (Fsp3) is 0.750. The van der Waals surface area contributed by atoms with Crippen LogP contribution < -0.4 is 11.1 Å². The van der Waals surface area contributed by atoms with Crippen molar-refractivity contribution in [3.05, 3.63) is 0 Å². The molecule has 1 fully saturated rings. The summed E-state index contributed by atoms with van der Waals surface area (Å²) < 4.78 is 0. The minimum absolute atomic E-state index is 0.191. The van der Waals surface area contributed by atoms with Gasteiger partial charge in [-0.1, -0.05) is 0 Å². The number of carbonyl (C=O) groups excluding carboxylic acids is 1. The highest BCUT2D eigenvalue weighted by molar-refractivity contribution is 5.75. The third kappa shape index (κ3) is 3.42. The number of nitrogens with one attached hydrogen (secondary N) is 1. The molecule has 5 nitrogen and oxygen atoms in total. The van der Waals surface area contributed by atoms with Crippen LogP contribution in [-0.2, 0) is 9.59 Å². The highest BCUT2D eigenvalue weighted by Gasteiger charge is 2.35. The lowest BCUT2D eigenvalue weighted by atomic mass is 10.2. The number of primary amides is 1. The van der Waals surface area contributed by atoms with E-state index < -0.39 is 17.9 Å². The first-order valence-corrected chi connectivity index (χ1v) is 4.35. The number of nitrogens with two attached hydrogens (primary N) is 1. The molecule has 0 aromatic heterocycles. The van der Waals surface area contributed by atoms with E-state index in [-0.39, 0.29) is 12.3 Å². The van der Waals surface area contributed by atoms with Crippen LogP contribution >= 0.6 is 0 Å². The van der Waals surface area contributed by atoms with Crippen molar-refractivity contribution >= 4 is 11.9 Å². The van der Waals surface area contributed by atoms with Gasteiger partial charge in [-0.2, -0.15) is 0 Å². The SMILES string of the molecule is NC(=O)CCNC(C(=O)O)C1CC1.